The highest BCUT2D eigenvalue weighted by atomic mass is 16.5. The van der Waals surface area contributed by atoms with E-state index in [1.807, 2.05) is 62.4 Å². The normalized spacial score (nSPS) is 14.6. The molecule has 2 aromatic carbocycles. The Bertz CT molecular complexity index is 1080. The van der Waals surface area contributed by atoms with E-state index in [4.69, 9.17) is 9.47 Å². The van der Waals surface area contributed by atoms with Crippen LogP contribution in [0.5, 0.6) is 0 Å². The highest BCUT2D eigenvalue weighted by Crippen LogP contribution is 2.44. The molecule has 0 heterocycles. The quantitative estimate of drug-likeness (QED) is 0.445. The predicted octanol–water partition coefficient (Wildman–Crippen LogP) is 3.86. The van der Waals surface area contributed by atoms with E-state index in [0.29, 0.717) is 0 Å². The van der Waals surface area contributed by atoms with Gasteiger partial charge in [0.05, 0.1) is 6.61 Å². The second-order valence-corrected chi connectivity index (χ2v) is 9.10. The number of alkyl carbamates (subject to hydrolysis) is 1. The summed E-state index contributed by atoms with van der Waals surface area (Å²) >= 11 is 0. The molecule has 1 aliphatic carbocycles. The van der Waals surface area contributed by atoms with Crippen LogP contribution in [0.25, 0.3) is 11.1 Å². The molecular weight excluding hydrogens is 448 g/mol. The van der Waals surface area contributed by atoms with Crippen LogP contribution in [0, 0.1) is 0 Å². The number of carbonyl (C=O) groups excluding carboxylic acids is 2. The lowest BCUT2D eigenvalue weighted by molar-refractivity contribution is -0.149. The first-order chi connectivity index (χ1) is 16.7. The number of nitrogens with one attached hydrogen (secondary N) is 2. The monoisotopic (exact) mass is 480 g/mol. The maximum Gasteiger partial charge on any atom is 0.407 e. The van der Waals surface area contributed by atoms with Gasteiger partial charge in [-0.1, -0.05) is 60.2 Å². The number of carboxylic acids is 1. The van der Waals surface area contributed by atoms with E-state index in [0.717, 1.165) is 27.8 Å². The van der Waals surface area contributed by atoms with E-state index >= 15 is 0 Å². The molecule has 0 radical (unpaired) electrons. The molecule has 0 aromatic heterocycles. The van der Waals surface area contributed by atoms with E-state index in [1.165, 1.54) is 14.0 Å². The van der Waals surface area contributed by atoms with Crippen molar-refractivity contribution in [1.29, 1.82) is 0 Å². The second-order valence-electron chi connectivity index (χ2n) is 9.10. The Morgan fingerprint density at radius 3 is 2.14 bits per heavy atom. The number of hydrogen-bond acceptors (Lipinski definition) is 5. The summed E-state index contributed by atoms with van der Waals surface area (Å²) in [6, 6.07) is 15.0. The van der Waals surface area contributed by atoms with Crippen LogP contribution in [-0.4, -0.2) is 55.0 Å². The molecule has 8 nitrogen and oxygen atoms in total. The molecule has 2 amide bonds. The lowest BCUT2D eigenvalue weighted by Gasteiger charge is -2.28. The molecule has 8 heteroatoms. The number of aliphatic carboxylic acids is 1. The van der Waals surface area contributed by atoms with Crippen molar-refractivity contribution in [2.45, 2.75) is 44.7 Å². The molecule has 2 aromatic rings. The van der Waals surface area contributed by atoms with Gasteiger partial charge in [-0.3, -0.25) is 4.79 Å². The highest BCUT2D eigenvalue weighted by molar-refractivity contribution is 5.91. The summed E-state index contributed by atoms with van der Waals surface area (Å²) in [6.07, 6.45) is 1.22. The lowest BCUT2D eigenvalue weighted by atomic mass is 9.98. The van der Waals surface area contributed by atoms with Gasteiger partial charge in [-0.2, -0.15) is 0 Å². The zero-order valence-corrected chi connectivity index (χ0v) is 20.5. The second kappa shape index (κ2) is 11.2. The third kappa shape index (κ3) is 6.08. The number of amides is 2. The Balaban J connectivity index is 1.71. The smallest absolute Gasteiger partial charge is 0.407 e. The van der Waals surface area contributed by atoms with Gasteiger partial charge in [0.2, 0.25) is 5.91 Å². The Morgan fingerprint density at radius 2 is 1.63 bits per heavy atom. The number of ether oxygens (including phenoxy) is 2. The van der Waals surface area contributed by atoms with Crippen LogP contribution >= 0.6 is 0 Å². The Labute approximate surface area is 205 Å². The molecule has 2 atom stereocenters. The number of carboxylic acid groups (broad SMARTS) is 1. The third-order valence-electron chi connectivity index (χ3n) is 6.02. The standard InChI is InChI=1S/C27H32N2O6/c1-17(2)13-14-23(24(30)29-27(3,16-34-4)25(31)32)28-26(33)35-15-22-20-11-7-5-9-18(20)19-10-6-8-12-21(19)22/h5-13,22-23H,14-16H2,1-4H3,(H,28,33)(H,29,30)(H,31,32). The van der Waals surface area contributed by atoms with Gasteiger partial charge < -0.3 is 25.2 Å². The number of hydrogen-bond donors (Lipinski definition) is 3. The first kappa shape index (κ1) is 26.0. The third-order valence-corrected chi connectivity index (χ3v) is 6.02. The number of methoxy groups -OCH3 is 1. The SMILES string of the molecule is COCC(C)(NC(=O)C(CC=C(C)C)NC(=O)OCC1c2ccccc2-c2ccccc21)C(=O)O. The van der Waals surface area contributed by atoms with Gasteiger partial charge in [0.1, 0.15) is 12.6 Å². The van der Waals surface area contributed by atoms with Crippen molar-refractivity contribution in [3.63, 3.8) is 0 Å². The van der Waals surface area contributed by atoms with Crippen LogP contribution in [0.3, 0.4) is 0 Å². The molecule has 1 aliphatic rings. The molecule has 35 heavy (non-hydrogen) atoms. The molecule has 2 unspecified atom stereocenters. The van der Waals surface area contributed by atoms with Gasteiger partial charge in [0, 0.05) is 13.0 Å². The fourth-order valence-electron chi connectivity index (χ4n) is 4.17. The minimum Gasteiger partial charge on any atom is -0.479 e. The van der Waals surface area contributed by atoms with Crippen molar-refractivity contribution in [1.82, 2.24) is 10.6 Å². The van der Waals surface area contributed by atoms with Crippen LogP contribution in [0.4, 0.5) is 4.79 Å². The number of fused-ring (bicyclic) bond motifs is 3. The van der Waals surface area contributed by atoms with Gasteiger partial charge in [0.25, 0.3) is 0 Å². The maximum atomic E-state index is 12.9. The maximum absolute atomic E-state index is 12.9. The van der Waals surface area contributed by atoms with Crippen LogP contribution in [-0.2, 0) is 19.1 Å². The number of allylic oxidation sites excluding steroid dienone is 1. The molecule has 0 spiro atoms. The van der Waals surface area contributed by atoms with E-state index in [1.54, 1.807) is 6.08 Å². The highest BCUT2D eigenvalue weighted by Gasteiger charge is 2.37. The van der Waals surface area contributed by atoms with Crippen LogP contribution in [0.1, 0.15) is 44.2 Å². The fraction of sp³-hybridized carbons (Fsp3) is 0.370. The molecule has 0 aliphatic heterocycles. The average Bonchev–Trinajstić information content (AvgIpc) is 3.14. The van der Waals surface area contributed by atoms with Gasteiger partial charge in [-0.15, -0.1) is 0 Å². The van der Waals surface area contributed by atoms with E-state index in [2.05, 4.69) is 10.6 Å². The minimum atomic E-state index is -1.64. The van der Waals surface area contributed by atoms with E-state index in [9.17, 15) is 19.5 Å². The fourth-order valence-corrected chi connectivity index (χ4v) is 4.17. The lowest BCUT2D eigenvalue weighted by Crippen LogP contribution is -2.60. The summed E-state index contributed by atoms with van der Waals surface area (Å²) < 4.78 is 10.5. The summed E-state index contributed by atoms with van der Waals surface area (Å²) in [5.41, 5.74) is 3.70. The molecule has 0 saturated carbocycles. The van der Waals surface area contributed by atoms with Gasteiger partial charge in [0.15, 0.2) is 5.54 Å². The Morgan fingerprint density at radius 1 is 1.06 bits per heavy atom. The molecule has 0 bridgehead atoms. The Hall–Kier alpha value is -3.65. The molecule has 0 fully saturated rings. The van der Waals surface area contributed by atoms with Crippen molar-refractivity contribution >= 4 is 18.0 Å². The number of benzene rings is 2. The van der Waals surface area contributed by atoms with Gasteiger partial charge in [-0.25, -0.2) is 9.59 Å². The molecule has 0 saturated heterocycles. The molecule has 186 valence electrons. The summed E-state index contributed by atoms with van der Waals surface area (Å²) in [6.45, 7) is 4.97. The van der Waals surface area contributed by atoms with Crippen molar-refractivity contribution in [3.05, 3.63) is 71.3 Å². The summed E-state index contributed by atoms with van der Waals surface area (Å²) in [7, 11) is 1.35. The minimum absolute atomic E-state index is 0.105. The summed E-state index contributed by atoms with van der Waals surface area (Å²) in [5, 5.41) is 14.6. The van der Waals surface area contributed by atoms with Gasteiger partial charge >= 0.3 is 12.1 Å². The van der Waals surface area contributed by atoms with Gasteiger partial charge in [-0.05, 0) is 49.4 Å². The number of carbonyl (C=O) groups is 3. The molecular formula is C27H32N2O6. The molecule has 3 rings (SSSR count). The first-order valence-corrected chi connectivity index (χ1v) is 11.5. The topological polar surface area (TPSA) is 114 Å². The zero-order valence-electron chi connectivity index (χ0n) is 20.5. The van der Waals surface area contributed by atoms with Crippen LogP contribution < -0.4 is 10.6 Å². The molecule has 3 N–H and O–H groups in total. The van der Waals surface area contributed by atoms with E-state index < -0.39 is 29.6 Å². The summed E-state index contributed by atoms with van der Waals surface area (Å²) in [4.78, 5) is 37.4. The average molecular weight is 481 g/mol. The zero-order chi connectivity index (χ0) is 25.6. The van der Waals surface area contributed by atoms with Crippen molar-refractivity contribution in [2.24, 2.45) is 0 Å². The summed E-state index contributed by atoms with van der Waals surface area (Å²) in [5.74, 6) is -2.00. The Kier molecular flexibility index (Phi) is 8.30. The predicted molar refractivity (Wildman–Crippen MR) is 132 cm³/mol. The number of rotatable bonds is 10. The van der Waals surface area contributed by atoms with Crippen molar-refractivity contribution in [3.8, 4) is 11.1 Å². The first-order valence-electron chi connectivity index (χ1n) is 11.5. The van der Waals surface area contributed by atoms with Crippen LogP contribution in [0.2, 0.25) is 0 Å². The van der Waals surface area contributed by atoms with Crippen molar-refractivity contribution < 1.29 is 29.0 Å². The van der Waals surface area contributed by atoms with Crippen molar-refractivity contribution in [2.75, 3.05) is 20.3 Å². The van der Waals surface area contributed by atoms with E-state index in [-0.39, 0.29) is 25.6 Å². The van der Waals surface area contributed by atoms with Crippen LogP contribution in [0.15, 0.2) is 60.2 Å². The largest absolute Gasteiger partial charge is 0.479 e.